The van der Waals surface area contributed by atoms with Gasteiger partial charge in [-0.1, -0.05) is 46.0 Å². The van der Waals surface area contributed by atoms with Gasteiger partial charge >= 0.3 is 11.9 Å². The molecule has 0 bridgehead atoms. The van der Waals surface area contributed by atoms with E-state index in [1.54, 1.807) is 73.7 Å². The first-order valence-electron chi connectivity index (χ1n) is 15.7. The number of unbranched alkanes of at least 4 members (excludes halogenated alkanes) is 5. The summed E-state index contributed by atoms with van der Waals surface area (Å²) in [4.78, 5) is 25.3. The Hall–Kier alpha value is -3.88. The summed E-state index contributed by atoms with van der Waals surface area (Å²) in [5, 5.41) is 0. The Balaban J connectivity index is 1.39. The Morgan fingerprint density at radius 3 is 1.61 bits per heavy atom. The molecule has 3 rings (SSSR count). The number of rotatable bonds is 21. The zero-order valence-electron chi connectivity index (χ0n) is 26.3. The van der Waals surface area contributed by atoms with Crippen LogP contribution in [0.1, 0.15) is 85.1 Å². The van der Waals surface area contributed by atoms with Gasteiger partial charge in [0.1, 0.15) is 36.2 Å². The summed E-state index contributed by atoms with van der Waals surface area (Å²) in [6.45, 7) is 9.44. The van der Waals surface area contributed by atoms with E-state index in [9.17, 15) is 9.59 Å². The molecule has 0 heterocycles. The second-order valence-corrected chi connectivity index (χ2v) is 10.4. The van der Waals surface area contributed by atoms with Crippen LogP contribution in [0.15, 0.2) is 66.7 Å². The van der Waals surface area contributed by atoms with Crippen molar-refractivity contribution >= 4 is 11.9 Å². The molecule has 3 aromatic carbocycles. The molecule has 0 N–H and O–H groups in total. The fraction of sp³-hybridized carbons (Fsp3) is 0.444. The summed E-state index contributed by atoms with van der Waals surface area (Å²) in [5.41, 5.74) is 1.44. The molecule has 0 spiro atoms. The summed E-state index contributed by atoms with van der Waals surface area (Å²) in [6.07, 6.45) is 8.38. The largest absolute Gasteiger partial charge is 0.491 e. The maximum Gasteiger partial charge on any atom is 0.343 e. The van der Waals surface area contributed by atoms with Gasteiger partial charge in [-0.3, -0.25) is 0 Å². The maximum absolute atomic E-state index is 12.7. The third-order valence-electron chi connectivity index (χ3n) is 6.72. The van der Waals surface area contributed by atoms with Crippen molar-refractivity contribution in [3.63, 3.8) is 0 Å². The lowest BCUT2D eigenvalue weighted by Gasteiger charge is -2.11. The van der Waals surface area contributed by atoms with Crippen molar-refractivity contribution in [2.75, 3.05) is 39.6 Å². The van der Waals surface area contributed by atoms with Gasteiger partial charge in [0.05, 0.1) is 24.3 Å². The van der Waals surface area contributed by atoms with Gasteiger partial charge in [0.25, 0.3) is 0 Å². The van der Waals surface area contributed by atoms with Gasteiger partial charge in [-0.25, -0.2) is 9.59 Å². The average Bonchev–Trinajstić information content (AvgIpc) is 3.03. The van der Waals surface area contributed by atoms with Crippen LogP contribution in [0, 0.1) is 6.92 Å². The van der Waals surface area contributed by atoms with Crippen molar-refractivity contribution in [3.05, 3.63) is 83.4 Å². The van der Waals surface area contributed by atoms with Crippen LogP contribution in [0.25, 0.3) is 0 Å². The molecule has 0 aliphatic rings. The van der Waals surface area contributed by atoms with E-state index in [-0.39, 0.29) is 0 Å². The lowest BCUT2D eigenvalue weighted by Crippen LogP contribution is -2.11. The van der Waals surface area contributed by atoms with Crippen LogP contribution in [0.4, 0.5) is 0 Å². The van der Waals surface area contributed by atoms with E-state index >= 15 is 0 Å². The predicted octanol–water partition coefficient (Wildman–Crippen LogP) is 7.99. The number of carbonyl (C=O) groups is 2. The highest BCUT2D eigenvalue weighted by atomic mass is 16.5. The normalized spacial score (nSPS) is 10.8. The number of aryl methyl sites for hydroxylation is 1. The topological polar surface area (TPSA) is 89.5 Å². The van der Waals surface area contributed by atoms with E-state index in [1.165, 1.54) is 32.1 Å². The van der Waals surface area contributed by atoms with E-state index < -0.39 is 11.9 Å². The van der Waals surface area contributed by atoms with Crippen molar-refractivity contribution < 1.29 is 38.0 Å². The van der Waals surface area contributed by atoms with Crippen LogP contribution >= 0.6 is 0 Å². The Morgan fingerprint density at radius 2 is 1.05 bits per heavy atom. The second-order valence-electron chi connectivity index (χ2n) is 10.4. The van der Waals surface area contributed by atoms with Crippen molar-refractivity contribution in [2.45, 2.75) is 65.7 Å². The summed E-state index contributed by atoms with van der Waals surface area (Å²) in [6, 6.07) is 18.4. The minimum atomic E-state index is -0.501. The molecule has 0 saturated heterocycles. The fourth-order valence-corrected chi connectivity index (χ4v) is 4.27. The van der Waals surface area contributed by atoms with E-state index in [0.717, 1.165) is 19.4 Å². The van der Waals surface area contributed by atoms with Gasteiger partial charge in [0.15, 0.2) is 0 Å². The summed E-state index contributed by atoms with van der Waals surface area (Å²) >= 11 is 0. The number of hydrogen-bond acceptors (Lipinski definition) is 8. The first-order chi connectivity index (χ1) is 21.5. The lowest BCUT2D eigenvalue weighted by molar-refractivity contribution is 0.0718. The summed E-state index contributed by atoms with van der Waals surface area (Å²) < 4.78 is 33.5. The molecule has 0 amide bonds. The Kier molecular flexibility index (Phi) is 15.8. The molecule has 0 aliphatic heterocycles. The number of ether oxygens (including phenoxy) is 6. The molecule has 0 aliphatic carbocycles. The maximum atomic E-state index is 12.7. The predicted molar refractivity (Wildman–Crippen MR) is 170 cm³/mol. The quantitative estimate of drug-likeness (QED) is 0.0685. The SMILES string of the molecule is CCCCCCCCOCCOc1ccc(C(=O)Oc2ccc(OC(=O)c3ccc(OCCOCCC)cc3)cc2C)cc1. The zero-order chi connectivity index (χ0) is 31.4. The summed E-state index contributed by atoms with van der Waals surface area (Å²) in [5.74, 6) is 1.03. The highest BCUT2D eigenvalue weighted by Gasteiger charge is 2.14. The van der Waals surface area contributed by atoms with Crippen LogP contribution in [-0.2, 0) is 9.47 Å². The van der Waals surface area contributed by atoms with Crippen molar-refractivity contribution in [2.24, 2.45) is 0 Å². The molecule has 8 heteroatoms. The molecule has 8 nitrogen and oxygen atoms in total. The van der Waals surface area contributed by atoms with Crippen LogP contribution < -0.4 is 18.9 Å². The molecule has 0 fully saturated rings. The lowest BCUT2D eigenvalue weighted by atomic mass is 10.1. The Labute approximate surface area is 261 Å². The number of carbonyl (C=O) groups excluding carboxylic acids is 2. The first-order valence-corrected chi connectivity index (χ1v) is 15.7. The molecule has 0 aromatic heterocycles. The Morgan fingerprint density at radius 1 is 0.523 bits per heavy atom. The molecule has 238 valence electrons. The van der Waals surface area contributed by atoms with Crippen LogP contribution in [0.3, 0.4) is 0 Å². The van der Waals surface area contributed by atoms with Crippen LogP contribution in [-0.4, -0.2) is 51.6 Å². The average molecular weight is 607 g/mol. The third kappa shape index (κ3) is 12.8. The number of esters is 2. The fourth-order valence-electron chi connectivity index (χ4n) is 4.27. The van der Waals surface area contributed by atoms with Gasteiger partial charge in [-0.15, -0.1) is 0 Å². The van der Waals surface area contributed by atoms with Gasteiger partial charge in [0.2, 0.25) is 0 Å². The van der Waals surface area contributed by atoms with Crippen molar-refractivity contribution in [1.82, 2.24) is 0 Å². The summed E-state index contributed by atoms with van der Waals surface area (Å²) in [7, 11) is 0. The van der Waals surface area contributed by atoms with Crippen LogP contribution in [0.2, 0.25) is 0 Å². The minimum Gasteiger partial charge on any atom is -0.491 e. The van der Waals surface area contributed by atoms with Gasteiger partial charge < -0.3 is 28.4 Å². The number of hydrogen-bond donors (Lipinski definition) is 0. The van der Waals surface area contributed by atoms with E-state index in [4.69, 9.17) is 28.4 Å². The van der Waals surface area contributed by atoms with Gasteiger partial charge in [0, 0.05) is 13.2 Å². The first kappa shape index (κ1) is 34.6. The molecule has 0 saturated carbocycles. The van der Waals surface area contributed by atoms with Crippen LogP contribution in [0.5, 0.6) is 23.0 Å². The number of benzene rings is 3. The van der Waals surface area contributed by atoms with Crippen molar-refractivity contribution in [1.29, 1.82) is 0 Å². The van der Waals surface area contributed by atoms with E-state index in [0.29, 0.717) is 72.7 Å². The zero-order valence-corrected chi connectivity index (χ0v) is 26.3. The standard InChI is InChI=1S/C36H46O8/c1-4-6-7-8-9-10-22-40-24-26-42-32-17-13-30(14-18-32)36(38)44-34-20-19-33(27-28(34)3)43-35(37)29-11-15-31(16-12-29)41-25-23-39-21-5-2/h11-20,27H,4-10,21-26H2,1-3H3. The molecule has 0 unspecified atom stereocenters. The monoisotopic (exact) mass is 606 g/mol. The molecular weight excluding hydrogens is 560 g/mol. The van der Waals surface area contributed by atoms with Gasteiger partial charge in [-0.05, 0) is 92.1 Å². The van der Waals surface area contributed by atoms with E-state index in [1.807, 2.05) is 0 Å². The molecule has 44 heavy (non-hydrogen) atoms. The van der Waals surface area contributed by atoms with Crippen molar-refractivity contribution in [3.8, 4) is 23.0 Å². The smallest absolute Gasteiger partial charge is 0.343 e. The molecular formula is C36H46O8. The molecule has 0 atom stereocenters. The highest BCUT2D eigenvalue weighted by molar-refractivity contribution is 5.92. The minimum absolute atomic E-state index is 0.346. The van der Waals surface area contributed by atoms with Gasteiger partial charge in [-0.2, -0.15) is 0 Å². The Bertz CT molecular complexity index is 1250. The van der Waals surface area contributed by atoms with E-state index in [2.05, 4.69) is 13.8 Å². The molecule has 3 aromatic rings. The third-order valence-corrected chi connectivity index (χ3v) is 6.72. The second kappa shape index (κ2) is 20.1. The highest BCUT2D eigenvalue weighted by Crippen LogP contribution is 2.26. The molecule has 0 radical (unpaired) electrons.